The van der Waals surface area contributed by atoms with Crippen LogP contribution in [0.5, 0.6) is 0 Å². The Morgan fingerprint density at radius 2 is 1.79 bits per heavy atom. The maximum absolute atomic E-state index is 11.8. The van der Waals surface area contributed by atoms with E-state index in [9.17, 15) is 4.79 Å². The number of amides is 2. The third kappa shape index (κ3) is 3.81. The lowest BCUT2D eigenvalue weighted by Gasteiger charge is -2.07. The zero-order chi connectivity index (χ0) is 13.7. The van der Waals surface area contributed by atoms with E-state index in [-0.39, 0.29) is 6.03 Å². The lowest BCUT2D eigenvalue weighted by Crippen LogP contribution is -2.28. The highest BCUT2D eigenvalue weighted by molar-refractivity contribution is 5.99. The molecule has 98 valence electrons. The molecule has 4 nitrogen and oxygen atoms in total. The molecule has 0 bridgehead atoms. The van der Waals surface area contributed by atoms with E-state index in [1.165, 1.54) is 5.56 Å². The molecule has 0 saturated heterocycles. The highest BCUT2D eigenvalue weighted by Gasteiger charge is 2.04. The Kier molecular flexibility index (Phi) is 4.13. The Hall–Kier alpha value is -2.36. The van der Waals surface area contributed by atoms with Gasteiger partial charge in [-0.1, -0.05) is 19.1 Å². The molecule has 4 heteroatoms. The van der Waals surface area contributed by atoms with Gasteiger partial charge in [0.05, 0.1) is 0 Å². The summed E-state index contributed by atoms with van der Waals surface area (Å²) in [4.78, 5) is 11.8. The largest absolute Gasteiger partial charge is 0.323 e. The minimum absolute atomic E-state index is 0.240. The van der Waals surface area contributed by atoms with E-state index >= 15 is 0 Å². The highest BCUT2D eigenvalue weighted by Crippen LogP contribution is 2.10. The molecule has 0 aliphatic rings. The topological polar surface area (TPSA) is 45.0 Å². The van der Waals surface area contributed by atoms with Gasteiger partial charge in [-0.15, -0.1) is 0 Å². The fourth-order valence-electron chi connectivity index (χ4n) is 1.78. The molecule has 2 amide bonds. The van der Waals surface area contributed by atoms with Crippen LogP contribution in [0, 0.1) is 0 Å². The molecule has 1 aromatic heterocycles. The SMILES string of the molecule is CCc1ccc(NC(=O)Nc2ccc[n+](C)c2)cc1. The molecule has 2 rings (SSSR count). The Labute approximate surface area is 113 Å². The molecular formula is C15H18N3O+. The number of hydrogen-bond acceptors (Lipinski definition) is 1. The van der Waals surface area contributed by atoms with Crippen LogP contribution in [0.25, 0.3) is 0 Å². The van der Waals surface area contributed by atoms with Gasteiger partial charge in [-0.25, -0.2) is 9.36 Å². The first-order chi connectivity index (χ1) is 9.17. The van der Waals surface area contributed by atoms with Gasteiger partial charge in [0, 0.05) is 11.8 Å². The summed E-state index contributed by atoms with van der Waals surface area (Å²) < 4.78 is 1.88. The van der Waals surface area contributed by atoms with Crippen molar-refractivity contribution in [1.29, 1.82) is 0 Å². The molecule has 0 unspecified atom stereocenters. The van der Waals surface area contributed by atoms with Gasteiger partial charge in [-0.2, -0.15) is 0 Å². The molecule has 2 aromatic rings. The molecule has 0 aliphatic carbocycles. The van der Waals surface area contributed by atoms with Gasteiger partial charge in [0.25, 0.3) is 0 Å². The van der Waals surface area contributed by atoms with Crippen molar-refractivity contribution in [2.75, 3.05) is 10.6 Å². The molecule has 0 aliphatic heterocycles. The van der Waals surface area contributed by atoms with Crippen molar-refractivity contribution in [3.05, 3.63) is 54.4 Å². The van der Waals surface area contributed by atoms with Gasteiger partial charge in [-0.05, 0) is 30.2 Å². The first-order valence-electron chi connectivity index (χ1n) is 6.29. The van der Waals surface area contributed by atoms with Gasteiger partial charge in [0.2, 0.25) is 0 Å². The predicted octanol–water partition coefficient (Wildman–Crippen LogP) is 2.72. The van der Waals surface area contributed by atoms with Gasteiger partial charge in [-0.3, -0.25) is 0 Å². The van der Waals surface area contributed by atoms with Crippen molar-refractivity contribution in [3.63, 3.8) is 0 Å². The Bertz CT molecular complexity index is 564. The Morgan fingerprint density at radius 3 is 2.42 bits per heavy atom. The van der Waals surface area contributed by atoms with Crippen LogP contribution >= 0.6 is 0 Å². The second kappa shape index (κ2) is 6.00. The van der Waals surface area contributed by atoms with E-state index in [1.807, 2.05) is 60.4 Å². The van der Waals surface area contributed by atoms with Crippen molar-refractivity contribution in [3.8, 4) is 0 Å². The van der Waals surface area contributed by atoms with Crippen LogP contribution in [0.1, 0.15) is 12.5 Å². The van der Waals surface area contributed by atoms with E-state index in [0.717, 1.165) is 17.8 Å². The number of aromatic nitrogens is 1. The molecule has 2 N–H and O–H groups in total. The lowest BCUT2D eigenvalue weighted by molar-refractivity contribution is -0.670. The molecule has 0 atom stereocenters. The number of nitrogens with zero attached hydrogens (tertiary/aromatic N) is 1. The number of pyridine rings is 1. The number of aryl methyl sites for hydroxylation is 2. The van der Waals surface area contributed by atoms with Gasteiger partial charge in [0.15, 0.2) is 12.4 Å². The van der Waals surface area contributed by atoms with Crippen LogP contribution in [-0.2, 0) is 13.5 Å². The first kappa shape index (κ1) is 13.1. The zero-order valence-electron chi connectivity index (χ0n) is 11.2. The normalized spacial score (nSPS) is 10.0. The van der Waals surface area contributed by atoms with Gasteiger partial charge in [0.1, 0.15) is 12.7 Å². The summed E-state index contributed by atoms with van der Waals surface area (Å²) in [6, 6.07) is 11.3. The summed E-state index contributed by atoms with van der Waals surface area (Å²) in [5.74, 6) is 0. The maximum atomic E-state index is 11.8. The lowest BCUT2D eigenvalue weighted by atomic mass is 10.1. The van der Waals surface area contributed by atoms with Crippen molar-refractivity contribution < 1.29 is 9.36 Å². The van der Waals surface area contributed by atoms with E-state index in [0.29, 0.717) is 0 Å². The second-order valence-electron chi connectivity index (χ2n) is 4.39. The Morgan fingerprint density at radius 1 is 1.11 bits per heavy atom. The smallest absolute Gasteiger partial charge is 0.308 e. The summed E-state index contributed by atoms with van der Waals surface area (Å²) in [5, 5.41) is 5.59. The van der Waals surface area contributed by atoms with E-state index in [1.54, 1.807) is 0 Å². The second-order valence-corrected chi connectivity index (χ2v) is 4.39. The van der Waals surface area contributed by atoms with Crippen molar-refractivity contribution in [2.24, 2.45) is 7.05 Å². The number of hydrogen-bond donors (Lipinski definition) is 2. The zero-order valence-corrected chi connectivity index (χ0v) is 11.2. The van der Waals surface area contributed by atoms with Gasteiger partial charge >= 0.3 is 6.03 Å². The third-order valence-electron chi connectivity index (χ3n) is 2.82. The summed E-state index contributed by atoms with van der Waals surface area (Å²) in [5.41, 5.74) is 2.80. The summed E-state index contributed by atoms with van der Waals surface area (Å²) >= 11 is 0. The minimum atomic E-state index is -0.240. The Balaban J connectivity index is 1.97. The van der Waals surface area contributed by atoms with Crippen molar-refractivity contribution in [1.82, 2.24) is 0 Å². The molecule has 0 saturated carbocycles. The van der Waals surface area contributed by atoms with Crippen LogP contribution in [0.15, 0.2) is 48.8 Å². The average molecular weight is 256 g/mol. The van der Waals surface area contributed by atoms with Crippen LogP contribution in [0.4, 0.5) is 16.2 Å². The fourth-order valence-corrected chi connectivity index (χ4v) is 1.78. The van der Waals surface area contributed by atoms with Crippen LogP contribution in [0.3, 0.4) is 0 Å². The average Bonchev–Trinajstić information content (AvgIpc) is 2.39. The summed E-state index contributed by atoms with van der Waals surface area (Å²) in [6.45, 7) is 2.10. The summed E-state index contributed by atoms with van der Waals surface area (Å²) in [7, 11) is 1.91. The molecule has 19 heavy (non-hydrogen) atoms. The molecule has 1 heterocycles. The molecule has 0 spiro atoms. The van der Waals surface area contributed by atoms with E-state index in [4.69, 9.17) is 0 Å². The van der Waals surface area contributed by atoms with Crippen LogP contribution in [0.2, 0.25) is 0 Å². The predicted molar refractivity (Wildman–Crippen MR) is 76.1 cm³/mol. The van der Waals surface area contributed by atoms with Crippen molar-refractivity contribution >= 4 is 17.4 Å². The monoisotopic (exact) mass is 256 g/mol. The molecule has 1 aromatic carbocycles. The van der Waals surface area contributed by atoms with Gasteiger partial charge < -0.3 is 10.6 Å². The fraction of sp³-hybridized carbons (Fsp3) is 0.200. The van der Waals surface area contributed by atoms with E-state index < -0.39 is 0 Å². The third-order valence-corrected chi connectivity index (χ3v) is 2.82. The molecule has 0 radical (unpaired) electrons. The maximum Gasteiger partial charge on any atom is 0.323 e. The number of carbonyl (C=O) groups is 1. The molecule has 0 fully saturated rings. The standard InChI is InChI=1S/C15H17N3O/c1-3-12-6-8-13(9-7-12)16-15(19)17-14-5-4-10-18(2)11-14/h4-11H,3H2,1-2H3,(H-,16,17,19)/p+1. The first-order valence-corrected chi connectivity index (χ1v) is 6.29. The highest BCUT2D eigenvalue weighted by atomic mass is 16.2. The van der Waals surface area contributed by atoms with Crippen LogP contribution in [-0.4, -0.2) is 6.03 Å². The summed E-state index contributed by atoms with van der Waals surface area (Å²) in [6.07, 6.45) is 4.75. The quantitative estimate of drug-likeness (QED) is 0.815. The number of rotatable bonds is 3. The number of anilines is 2. The molecular weight excluding hydrogens is 238 g/mol. The number of urea groups is 1. The number of carbonyl (C=O) groups excluding carboxylic acids is 1. The van der Waals surface area contributed by atoms with Crippen molar-refractivity contribution in [2.45, 2.75) is 13.3 Å². The minimum Gasteiger partial charge on any atom is -0.308 e. The number of nitrogens with one attached hydrogen (secondary N) is 2. The van der Waals surface area contributed by atoms with Crippen LogP contribution < -0.4 is 15.2 Å². The van der Waals surface area contributed by atoms with E-state index in [2.05, 4.69) is 17.6 Å². The number of benzene rings is 1.